The van der Waals surface area contributed by atoms with Gasteiger partial charge in [0, 0.05) is 19.4 Å². The van der Waals surface area contributed by atoms with E-state index in [0.717, 1.165) is 18.4 Å². The number of carbonyl (C=O) groups is 2. The normalized spacial score (nSPS) is 17.4. The predicted octanol–water partition coefficient (Wildman–Crippen LogP) is 3.36. The Kier molecular flexibility index (Phi) is 6.60. The molecular weight excluding hydrogens is 244 g/mol. The summed E-state index contributed by atoms with van der Waals surface area (Å²) < 4.78 is 10.2. The molecule has 4 nitrogen and oxygen atoms in total. The lowest BCUT2D eigenvalue weighted by Gasteiger charge is -2.23. The number of carbonyl (C=O) groups excluding carboxylic acids is 2. The van der Waals surface area contributed by atoms with Crippen molar-refractivity contribution in [1.82, 2.24) is 0 Å². The second-order valence-electron chi connectivity index (χ2n) is 5.04. The van der Waals surface area contributed by atoms with Gasteiger partial charge in [-0.2, -0.15) is 0 Å². The van der Waals surface area contributed by atoms with Gasteiger partial charge in [-0.25, -0.2) is 0 Å². The molecule has 0 saturated heterocycles. The van der Waals surface area contributed by atoms with Crippen molar-refractivity contribution in [3.05, 3.63) is 11.6 Å². The van der Waals surface area contributed by atoms with Crippen molar-refractivity contribution in [2.45, 2.75) is 65.6 Å². The summed E-state index contributed by atoms with van der Waals surface area (Å²) >= 11 is 0. The predicted molar refractivity (Wildman–Crippen MR) is 72.3 cm³/mol. The van der Waals surface area contributed by atoms with E-state index in [1.165, 1.54) is 33.1 Å². The maximum Gasteiger partial charge on any atom is 0.305 e. The molecule has 1 fully saturated rings. The van der Waals surface area contributed by atoms with E-state index in [0.29, 0.717) is 12.3 Å². The van der Waals surface area contributed by atoms with E-state index in [1.54, 1.807) is 0 Å². The van der Waals surface area contributed by atoms with E-state index < -0.39 is 18.2 Å². The highest BCUT2D eigenvalue weighted by molar-refractivity contribution is 5.68. The molecule has 108 valence electrons. The zero-order chi connectivity index (χ0) is 14.3. The zero-order valence-electron chi connectivity index (χ0n) is 12.1. The van der Waals surface area contributed by atoms with Crippen LogP contribution < -0.4 is 0 Å². The number of hydrogen-bond acceptors (Lipinski definition) is 4. The first-order chi connectivity index (χ1) is 9.02. The zero-order valence-corrected chi connectivity index (χ0v) is 12.1. The van der Waals surface area contributed by atoms with E-state index in [4.69, 9.17) is 9.47 Å². The monoisotopic (exact) mass is 268 g/mol. The third-order valence-electron chi connectivity index (χ3n) is 3.36. The van der Waals surface area contributed by atoms with E-state index >= 15 is 0 Å². The fourth-order valence-corrected chi connectivity index (χ4v) is 2.44. The molecule has 1 saturated carbocycles. The van der Waals surface area contributed by atoms with Crippen LogP contribution in [0.5, 0.6) is 0 Å². The van der Waals surface area contributed by atoms with Crippen LogP contribution in [0.2, 0.25) is 0 Å². The average molecular weight is 268 g/mol. The average Bonchev–Trinajstić information content (AvgIpc) is 2.35. The van der Waals surface area contributed by atoms with E-state index in [9.17, 15) is 9.59 Å². The molecule has 1 rings (SSSR count). The summed E-state index contributed by atoms with van der Waals surface area (Å²) in [6.45, 7) is 4.63. The number of hydrogen-bond donors (Lipinski definition) is 0. The standard InChI is InChI=1S/C15H24O4/c1-4-14(10-13-8-6-5-7-9-13)15(18-11(2)16)19-12(3)17/h10,13,15H,4-9H2,1-3H3. The number of esters is 2. The molecule has 0 atom stereocenters. The quantitative estimate of drug-likeness (QED) is 0.436. The number of allylic oxidation sites excluding steroid dienone is 1. The van der Waals surface area contributed by atoms with Crippen LogP contribution in [-0.4, -0.2) is 18.2 Å². The number of ether oxygens (including phenoxy) is 2. The molecule has 0 N–H and O–H groups in total. The van der Waals surface area contributed by atoms with Gasteiger partial charge in [-0.3, -0.25) is 9.59 Å². The van der Waals surface area contributed by atoms with Crippen molar-refractivity contribution in [2.24, 2.45) is 5.92 Å². The molecule has 19 heavy (non-hydrogen) atoms. The van der Waals surface area contributed by atoms with Crippen LogP contribution in [0, 0.1) is 5.92 Å². The van der Waals surface area contributed by atoms with Crippen LogP contribution in [0.25, 0.3) is 0 Å². The van der Waals surface area contributed by atoms with Gasteiger partial charge in [-0.15, -0.1) is 0 Å². The smallest absolute Gasteiger partial charge is 0.305 e. The first-order valence-corrected chi connectivity index (χ1v) is 7.08. The highest BCUT2D eigenvalue weighted by atomic mass is 16.7. The van der Waals surface area contributed by atoms with Gasteiger partial charge in [0.1, 0.15) is 0 Å². The van der Waals surface area contributed by atoms with Gasteiger partial charge < -0.3 is 9.47 Å². The van der Waals surface area contributed by atoms with Gasteiger partial charge in [0.25, 0.3) is 6.29 Å². The second-order valence-corrected chi connectivity index (χ2v) is 5.04. The SMILES string of the molecule is CCC(=CC1CCCCC1)C(OC(C)=O)OC(C)=O. The summed E-state index contributed by atoms with van der Waals surface area (Å²) in [5, 5.41) is 0. The molecule has 0 bridgehead atoms. The summed E-state index contributed by atoms with van der Waals surface area (Å²) in [6.07, 6.45) is 8.09. The molecule has 0 aromatic rings. The van der Waals surface area contributed by atoms with Crippen LogP contribution in [-0.2, 0) is 19.1 Å². The van der Waals surface area contributed by atoms with E-state index in [1.807, 2.05) is 6.92 Å². The molecular formula is C15H24O4. The van der Waals surface area contributed by atoms with Crippen LogP contribution in [0.4, 0.5) is 0 Å². The largest absolute Gasteiger partial charge is 0.421 e. The minimum Gasteiger partial charge on any atom is -0.421 e. The molecule has 1 aliphatic carbocycles. The lowest BCUT2D eigenvalue weighted by atomic mass is 9.87. The summed E-state index contributed by atoms with van der Waals surface area (Å²) in [7, 11) is 0. The third-order valence-corrected chi connectivity index (χ3v) is 3.36. The van der Waals surface area contributed by atoms with Crippen molar-refractivity contribution < 1.29 is 19.1 Å². The van der Waals surface area contributed by atoms with Crippen molar-refractivity contribution in [3.63, 3.8) is 0 Å². The highest BCUT2D eigenvalue weighted by Gasteiger charge is 2.21. The Morgan fingerprint density at radius 1 is 1.11 bits per heavy atom. The highest BCUT2D eigenvalue weighted by Crippen LogP contribution is 2.27. The Bertz CT molecular complexity index is 324. The van der Waals surface area contributed by atoms with Gasteiger partial charge in [-0.05, 0) is 25.2 Å². The molecule has 0 spiro atoms. The van der Waals surface area contributed by atoms with Gasteiger partial charge in [-0.1, -0.05) is 32.3 Å². The Labute approximate surface area is 115 Å². The van der Waals surface area contributed by atoms with E-state index in [-0.39, 0.29) is 0 Å². The van der Waals surface area contributed by atoms with Gasteiger partial charge in [0.15, 0.2) is 0 Å². The minimum absolute atomic E-state index is 0.436. The molecule has 0 aliphatic heterocycles. The first kappa shape index (κ1) is 15.7. The molecule has 0 heterocycles. The molecule has 0 aromatic carbocycles. The molecule has 0 amide bonds. The first-order valence-electron chi connectivity index (χ1n) is 7.08. The Balaban J connectivity index is 2.77. The van der Waals surface area contributed by atoms with E-state index in [2.05, 4.69) is 6.08 Å². The molecule has 0 aromatic heterocycles. The Morgan fingerprint density at radius 2 is 1.63 bits per heavy atom. The van der Waals surface area contributed by atoms with Crippen molar-refractivity contribution in [1.29, 1.82) is 0 Å². The fraction of sp³-hybridized carbons (Fsp3) is 0.733. The van der Waals surface area contributed by atoms with Crippen LogP contribution in [0.1, 0.15) is 59.3 Å². The maximum absolute atomic E-state index is 11.1. The van der Waals surface area contributed by atoms with Crippen LogP contribution >= 0.6 is 0 Å². The van der Waals surface area contributed by atoms with Gasteiger partial charge in [0.2, 0.25) is 0 Å². The molecule has 0 radical (unpaired) electrons. The molecule has 0 unspecified atom stereocenters. The Hall–Kier alpha value is -1.32. The third kappa shape index (κ3) is 5.90. The lowest BCUT2D eigenvalue weighted by molar-refractivity contribution is -0.178. The lowest BCUT2D eigenvalue weighted by Crippen LogP contribution is -2.25. The summed E-state index contributed by atoms with van der Waals surface area (Å²) in [4.78, 5) is 22.2. The van der Waals surface area contributed by atoms with Crippen LogP contribution in [0.3, 0.4) is 0 Å². The van der Waals surface area contributed by atoms with Crippen molar-refractivity contribution in [2.75, 3.05) is 0 Å². The molecule has 1 aliphatic rings. The Morgan fingerprint density at radius 3 is 2.05 bits per heavy atom. The maximum atomic E-state index is 11.1. The summed E-state index contributed by atoms with van der Waals surface area (Å²) in [5.74, 6) is -0.360. The topological polar surface area (TPSA) is 52.6 Å². The second kappa shape index (κ2) is 7.97. The van der Waals surface area contributed by atoms with Crippen molar-refractivity contribution in [3.8, 4) is 0 Å². The summed E-state index contributed by atoms with van der Waals surface area (Å²) in [5.41, 5.74) is 0.886. The van der Waals surface area contributed by atoms with Crippen molar-refractivity contribution >= 4 is 11.9 Å². The van der Waals surface area contributed by atoms with Crippen LogP contribution in [0.15, 0.2) is 11.6 Å². The molecule has 4 heteroatoms. The fourth-order valence-electron chi connectivity index (χ4n) is 2.44. The summed E-state index contributed by atoms with van der Waals surface area (Å²) in [6, 6.07) is 0. The minimum atomic E-state index is -0.859. The van der Waals surface area contributed by atoms with Gasteiger partial charge >= 0.3 is 11.9 Å². The number of rotatable bonds is 5. The van der Waals surface area contributed by atoms with Gasteiger partial charge in [0.05, 0.1) is 0 Å².